The van der Waals surface area contributed by atoms with Crippen LogP contribution in [0.5, 0.6) is 0 Å². The highest BCUT2D eigenvalue weighted by atomic mass is 32.1. The number of aromatic nitrogens is 2. The maximum Gasteiger partial charge on any atom is 0.0628 e. The van der Waals surface area contributed by atoms with Crippen molar-refractivity contribution >= 4 is 12.6 Å². The van der Waals surface area contributed by atoms with Crippen LogP contribution in [0, 0.1) is 25.7 Å². The summed E-state index contributed by atoms with van der Waals surface area (Å²) in [5.41, 5.74) is 3.91. The first kappa shape index (κ1) is 13.6. The molecule has 0 N–H and O–H groups in total. The molecule has 1 rings (SSSR count). The number of hydrogen-bond acceptors (Lipinski definition) is 2. The maximum atomic E-state index is 4.63. The van der Waals surface area contributed by atoms with Crippen molar-refractivity contribution in [3.05, 3.63) is 17.0 Å². The third-order valence-electron chi connectivity index (χ3n) is 3.47. The first-order chi connectivity index (χ1) is 7.51. The van der Waals surface area contributed by atoms with Gasteiger partial charge in [-0.05, 0) is 43.4 Å². The smallest absolute Gasteiger partial charge is 0.0628 e. The molecule has 0 fully saturated rings. The van der Waals surface area contributed by atoms with Gasteiger partial charge >= 0.3 is 0 Å². The highest BCUT2D eigenvalue weighted by Gasteiger charge is 2.16. The van der Waals surface area contributed by atoms with Gasteiger partial charge in [-0.15, -0.1) is 0 Å². The molecule has 0 radical (unpaired) electrons. The molecule has 1 unspecified atom stereocenters. The Balaban J connectivity index is 2.89. The highest BCUT2D eigenvalue weighted by Crippen LogP contribution is 2.19. The summed E-state index contributed by atoms with van der Waals surface area (Å²) in [6, 6.07) is 0. The molecule has 0 spiro atoms. The lowest BCUT2D eigenvalue weighted by atomic mass is 9.98. The SMILES string of the molecule is CCc1c(C)nn(CC(CS)C(C)C)c1C. The van der Waals surface area contributed by atoms with E-state index >= 15 is 0 Å². The van der Waals surface area contributed by atoms with Gasteiger partial charge < -0.3 is 0 Å². The standard InChI is InChI=1S/C13H24N2S/c1-6-13-10(4)14-15(11(13)5)7-12(8-16)9(2)3/h9,12,16H,6-8H2,1-5H3. The van der Waals surface area contributed by atoms with E-state index in [9.17, 15) is 0 Å². The summed E-state index contributed by atoms with van der Waals surface area (Å²) in [6.45, 7) is 12.0. The average Bonchev–Trinajstić information content (AvgIpc) is 2.49. The molecular formula is C13H24N2S. The predicted molar refractivity (Wildman–Crippen MR) is 73.3 cm³/mol. The van der Waals surface area contributed by atoms with Crippen LogP contribution in [0.3, 0.4) is 0 Å². The fourth-order valence-corrected chi connectivity index (χ4v) is 2.66. The molecule has 3 heteroatoms. The monoisotopic (exact) mass is 240 g/mol. The zero-order chi connectivity index (χ0) is 12.3. The molecule has 1 aromatic heterocycles. The van der Waals surface area contributed by atoms with Gasteiger partial charge in [0.25, 0.3) is 0 Å². The largest absolute Gasteiger partial charge is 0.269 e. The van der Waals surface area contributed by atoms with E-state index in [0.29, 0.717) is 11.8 Å². The van der Waals surface area contributed by atoms with E-state index < -0.39 is 0 Å². The van der Waals surface area contributed by atoms with Crippen LogP contribution in [0.4, 0.5) is 0 Å². The Bertz CT molecular complexity index is 342. The minimum absolute atomic E-state index is 0.603. The van der Waals surface area contributed by atoms with E-state index in [0.717, 1.165) is 18.7 Å². The van der Waals surface area contributed by atoms with Crippen LogP contribution < -0.4 is 0 Å². The minimum atomic E-state index is 0.603. The molecule has 92 valence electrons. The van der Waals surface area contributed by atoms with E-state index in [4.69, 9.17) is 0 Å². The summed E-state index contributed by atoms with van der Waals surface area (Å²) in [5, 5.41) is 4.63. The van der Waals surface area contributed by atoms with Gasteiger partial charge in [0.15, 0.2) is 0 Å². The minimum Gasteiger partial charge on any atom is -0.269 e. The zero-order valence-corrected chi connectivity index (χ0v) is 12.0. The second-order valence-electron chi connectivity index (χ2n) is 4.87. The lowest BCUT2D eigenvalue weighted by molar-refractivity contribution is 0.351. The van der Waals surface area contributed by atoms with Gasteiger partial charge in [-0.3, -0.25) is 4.68 Å². The van der Waals surface area contributed by atoms with Crippen LogP contribution in [0.2, 0.25) is 0 Å². The Morgan fingerprint density at radius 2 is 1.94 bits per heavy atom. The van der Waals surface area contributed by atoms with Crippen molar-refractivity contribution in [2.75, 3.05) is 5.75 Å². The second-order valence-corrected chi connectivity index (χ2v) is 5.24. The van der Waals surface area contributed by atoms with Gasteiger partial charge in [-0.25, -0.2) is 0 Å². The van der Waals surface area contributed by atoms with Gasteiger partial charge in [0, 0.05) is 12.2 Å². The lowest BCUT2D eigenvalue weighted by Gasteiger charge is -2.19. The Morgan fingerprint density at radius 3 is 2.31 bits per heavy atom. The number of aryl methyl sites for hydroxylation is 1. The number of rotatable bonds is 5. The summed E-state index contributed by atoms with van der Waals surface area (Å²) in [7, 11) is 0. The van der Waals surface area contributed by atoms with Crippen molar-refractivity contribution in [2.24, 2.45) is 11.8 Å². The highest BCUT2D eigenvalue weighted by molar-refractivity contribution is 7.80. The van der Waals surface area contributed by atoms with Gasteiger partial charge in [-0.2, -0.15) is 17.7 Å². The molecule has 0 aliphatic rings. The van der Waals surface area contributed by atoms with Crippen molar-refractivity contribution in [2.45, 2.75) is 47.6 Å². The summed E-state index contributed by atoms with van der Waals surface area (Å²) in [6.07, 6.45) is 1.07. The van der Waals surface area contributed by atoms with Crippen molar-refractivity contribution in [1.82, 2.24) is 9.78 Å². The normalized spacial score (nSPS) is 13.4. The van der Waals surface area contributed by atoms with Crippen molar-refractivity contribution in [3.63, 3.8) is 0 Å². The van der Waals surface area contributed by atoms with Crippen molar-refractivity contribution in [3.8, 4) is 0 Å². The van der Waals surface area contributed by atoms with Crippen LogP contribution >= 0.6 is 12.6 Å². The van der Waals surface area contributed by atoms with Crippen LogP contribution in [0.15, 0.2) is 0 Å². The van der Waals surface area contributed by atoms with E-state index in [1.165, 1.54) is 17.0 Å². The summed E-state index contributed by atoms with van der Waals surface area (Å²) >= 11 is 4.43. The third-order valence-corrected chi connectivity index (χ3v) is 3.94. The molecule has 0 saturated carbocycles. The lowest BCUT2D eigenvalue weighted by Crippen LogP contribution is -2.19. The molecule has 0 amide bonds. The van der Waals surface area contributed by atoms with E-state index in [2.05, 4.69) is 57.0 Å². The quantitative estimate of drug-likeness (QED) is 0.782. The number of thiol groups is 1. The molecule has 0 aliphatic heterocycles. The van der Waals surface area contributed by atoms with Crippen LogP contribution in [0.25, 0.3) is 0 Å². The van der Waals surface area contributed by atoms with Gasteiger partial charge in [0.05, 0.1) is 5.69 Å². The second kappa shape index (κ2) is 5.76. The topological polar surface area (TPSA) is 17.8 Å². The van der Waals surface area contributed by atoms with Crippen LogP contribution in [-0.2, 0) is 13.0 Å². The van der Waals surface area contributed by atoms with Crippen LogP contribution in [0.1, 0.15) is 37.7 Å². The van der Waals surface area contributed by atoms with Gasteiger partial charge in [-0.1, -0.05) is 20.8 Å². The first-order valence-electron chi connectivity index (χ1n) is 6.14. The molecule has 16 heavy (non-hydrogen) atoms. The molecule has 1 atom stereocenters. The Kier molecular flexibility index (Phi) is 4.90. The average molecular weight is 240 g/mol. The van der Waals surface area contributed by atoms with E-state index in [1.54, 1.807) is 0 Å². The molecule has 0 aromatic carbocycles. The molecule has 1 heterocycles. The summed E-state index contributed by atoms with van der Waals surface area (Å²) in [4.78, 5) is 0. The number of nitrogens with zero attached hydrogens (tertiary/aromatic N) is 2. The summed E-state index contributed by atoms with van der Waals surface area (Å²) in [5.74, 6) is 2.19. The van der Waals surface area contributed by atoms with E-state index in [1.807, 2.05) is 0 Å². The van der Waals surface area contributed by atoms with Gasteiger partial charge in [0.2, 0.25) is 0 Å². The number of hydrogen-bond donors (Lipinski definition) is 1. The predicted octanol–water partition coefficient (Wildman–Crippen LogP) is 3.26. The first-order valence-corrected chi connectivity index (χ1v) is 6.78. The molecular weight excluding hydrogens is 216 g/mol. The van der Waals surface area contributed by atoms with Crippen LogP contribution in [-0.4, -0.2) is 15.5 Å². The van der Waals surface area contributed by atoms with Gasteiger partial charge in [0.1, 0.15) is 0 Å². The zero-order valence-electron chi connectivity index (χ0n) is 11.1. The molecule has 1 aromatic rings. The molecule has 0 saturated heterocycles. The molecule has 0 aliphatic carbocycles. The maximum absolute atomic E-state index is 4.63. The summed E-state index contributed by atoms with van der Waals surface area (Å²) < 4.78 is 2.16. The fraction of sp³-hybridized carbons (Fsp3) is 0.769. The van der Waals surface area contributed by atoms with Crippen molar-refractivity contribution < 1.29 is 0 Å². The molecule has 0 bridgehead atoms. The van der Waals surface area contributed by atoms with Crippen molar-refractivity contribution in [1.29, 1.82) is 0 Å². The molecule has 2 nitrogen and oxygen atoms in total. The Morgan fingerprint density at radius 1 is 1.31 bits per heavy atom. The Hall–Kier alpha value is -0.440. The third kappa shape index (κ3) is 2.82. The van der Waals surface area contributed by atoms with E-state index in [-0.39, 0.29) is 0 Å². The Labute approximate surface area is 105 Å². The fourth-order valence-electron chi connectivity index (χ4n) is 2.12.